The molecule has 4 rings (SSSR count). The zero-order valence-corrected chi connectivity index (χ0v) is 18.0. The lowest BCUT2D eigenvalue weighted by atomic mass is 9.85. The molecule has 6 nitrogen and oxygen atoms in total. The van der Waals surface area contributed by atoms with Crippen molar-refractivity contribution in [3.05, 3.63) is 28.8 Å². The number of benzene rings is 1. The highest BCUT2D eigenvalue weighted by molar-refractivity contribution is 6.32. The molecule has 1 saturated carbocycles. The Kier molecular flexibility index (Phi) is 7.06. The fraction of sp³-hybridized carbons (Fsp3) is 0.636. The number of piperidine rings is 1. The molecule has 1 aromatic carbocycles. The molecule has 1 N–H and O–H groups in total. The monoisotopic (exact) mass is 422 g/mol. The van der Waals surface area contributed by atoms with Crippen molar-refractivity contribution in [1.29, 1.82) is 0 Å². The average molecular weight is 423 g/mol. The van der Waals surface area contributed by atoms with Crippen LogP contribution < -0.4 is 4.74 Å². The van der Waals surface area contributed by atoms with Crippen molar-refractivity contribution in [3.8, 4) is 5.75 Å². The highest BCUT2D eigenvalue weighted by Gasteiger charge is 2.52. The van der Waals surface area contributed by atoms with Crippen LogP contribution in [0, 0.1) is 0 Å². The number of hydrogen-bond acceptors (Lipinski definition) is 4. The van der Waals surface area contributed by atoms with Gasteiger partial charge in [0.15, 0.2) is 0 Å². The molecule has 2 aliphatic heterocycles. The maximum atomic E-state index is 13.3. The third-order valence-electron chi connectivity index (χ3n) is 5.99. The third-order valence-corrected chi connectivity index (χ3v) is 6.29. The number of halogens is 1. The Morgan fingerprint density at radius 2 is 1.93 bits per heavy atom. The Hall–Kier alpha value is -1.79. The number of amides is 1. The Bertz CT molecular complexity index is 738. The Morgan fingerprint density at radius 3 is 2.52 bits per heavy atom. The number of likely N-dealkylation sites (tertiary alicyclic amines) is 2. The van der Waals surface area contributed by atoms with Gasteiger partial charge < -0.3 is 14.7 Å². The van der Waals surface area contributed by atoms with Crippen molar-refractivity contribution in [2.75, 3.05) is 13.1 Å². The molecule has 2 saturated heterocycles. The molecule has 1 aliphatic carbocycles. The average Bonchev–Trinajstić information content (AvgIpc) is 3.43. The second-order valence-corrected chi connectivity index (χ2v) is 8.83. The summed E-state index contributed by atoms with van der Waals surface area (Å²) >= 11 is 6.42. The first kappa shape index (κ1) is 21.9. The van der Waals surface area contributed by atoms with Crippen molar-refractivity contribution in [2.45, 2.75) is 76.6 Å². The van der Waals surface area contributed by atoms with Gasteiger partial charge in [-0.1, -0.05) is 17.7 Å². The summed E-state index contributed by atoms with van der Waals surface area (Å²) in [6, 6.07) is 6.56. The lowest BCUT2D eigenvalue weighted by Crippen LogP contribution is -2.60. The lowest BCUT2D eigenvalue weighted by molar-refractivity contribution is -0.148. The van der Waals surface area contributed by atoms with Crippen LogP contribution in [0.1, 0.15) is 57.9 Å². The molecule has 2 heterocycles. The molecule has 1 unspecified atom stereocenters. The van der Waals surface area contributed by atoms with E-state index in [1.165, 1.54) is 12.8 Å². The first-order valence-electron chi connectivity index (χ1n) is 10.5. The van der Waals surface area contributed by atoms with Gasteiger partial charge in [0.2, 0.25) is 5.91 Å². The van der Waals surface area contributed by atoms with Gasteiger partial charge in [-0.3, -0.25) is 14.5 Å². The Labute approximate surface area is 177 Å². The standard InChI is InChI=1S/C21H29ClN2O2.CH2O2/c1-15(2)26-19-8-5-16(13-18(19)22)14-23-11-3-9-21(23)10-4-12-24(20(21)25)17-6-7-17;2-1-3/h5,8,13,15,17H,3-4,6-7,9-12,14H2,1-2H3;1H,(H,2,3). The summed E-state index contributed by atoms with van der Waals surface area (Å²) in [5.41, 5.74) is 0.879. The maximum absolute atomic E-state index is 13.3. The largest absolute Gasteiger partial charge is 0.489 e. The van der Waals surface area contributed by atoms with E-state index in [0.29, 0.717) is 17.0 Å². The van der Waals surface area contributed by atoms with E-state index in [-0.39, 0.29) is 18.1 Å². The van der Waals surface area contributed by atoms with Gasteiger partial charge in [-0.05, 0) is 76.6 Å². The smallest absolute Gasteiger partial charge is 0.290 e. The van der Waals surface area contributed by atoms with Gasteiger partial charge in [-0.15, -0.1) is 0 Å². The molecule has 3 fully saturated rings. The Balaban J connectivity index is 0.000000755. The van der Waals surface area contributed by atoms with Crippen molar-refractivity contribution in [3.63, 3.8) is 0 Å². The van der Waals surface area contributed by atoms with E-state index in [0.717, 1.165) is 56.6 Å². The van der Waals surface area contributed by atoms with Gasteiger partial charge >= 0.3 is 0 Å². The minimum absolute atomic E-state index is 0.105. The summed E-state index contributed by atoms with van der Waals surface area (Å²) in [7, 11) is 0. The van der Waals surface area contributed by atoms with E-state index < -0.39 is 0 Å². The van der Waals surface area contributed by atoms with E-state index in [4.69, 9.17) is 26.2 Å². The molecular formula is C22H31ClN2O4. The predicted molar refractivity (Wildman–Crippen MR) is 112 cm³/mol. The molecular weight excluding hydrogens is 392 g/mol. The zero-order chi connectivity index (χ0) is 21.0. The molecule has 0 radical (unpaired) electrons. The van der Waals surface area contributed by atoms with Gasteiger partial charge in [0, 0.05) is 19.1 Å². The van der Waals surface area contributed by atoms with E-state index >= 15 is 0 Å². The first-order valence-corrected chi connectivity index (χ1v) is 10.9. The summed E-state index contributed by atoms with van der Waals surface area (Å²) in [4.78, 5) is 26.3. The summed E-state index contributed by atoms with van der Waals surface area (Å²) in [6.45, 7) is 6.47. The summed E-state index contributed by atoms with van der Waals surface area (Å²) in [6.07, 6.45) is 6.71. The van der Waals surface area contributed by atoms with Gasteiger partial charge in [0.25, 0.3) is 6.47 Å². The van der Waals surface area contributed by atoms with E-state index in [1.807, 2.05) is 26.0 Å². The number of hydrogen-bond donors (Lipinski definition) is 1. The van der Waals surface area contributed by atoms with Crippen molar-refractivity contribution >= 4 is 24.0 Å². The van der Waals surface area contributed by atoms with Crippen LogP contribution >= 0.6 is 11.6 Å². The van der Waals surface area contributed by atoms with E-state index in [1.54, 1.807) is 0 Å². The fourth-order valence-corrected chi connectivity index (χ4v) is 4.90. The molecule has 29 heavy (non-hydrogen) atoms. The van der Waals surface area contributed by atoms with Crippen LogP contribution in [0.3, 0.4) is 0 Å². The molecule has 1 atom stereocenters. The predicted octanol–water partition coefficient (Wildman–Crippen LogP) is 3.95. The van der Waals surface area contributed by atoms with Crippen LogP contribution in [0.2, 0.25) is 5.02 Å². The van der Waals surface area contributed by atoms with E-state index in [2.05, 4.69) is 15.9 Å². The molecule has 0 aromatic heterocycles. The van der Waals surface area contributed by atoms with Crippen molar-refractivity contribution in [2.24, 2.45) is 0 Å². The molecule has 3 aliphatic rings. The SMILES string of the molecule is CC(C)Oc1ccc(CN2CCCC23CCCN(C2CC2)C3=O)cc1Cl.O=CO. The van der Waals surface area contributed by atoms with E-state index in [9.17, 15) is 4.79 Å². The zero-order valence-electron chi connectivity index (χ0n) is 17.3. The first-order chi connectivity index (χ1) is 13.9. The molecule has 1 amide bonds. The van der Waals surface area contributed by atoms with Crippen molar-refractivity contribution < 1.29 is 19.4 Å². The normalized spacial score (nSPS) is 24.6. The topological polar surface area (TPSA) is 70.1 Å². The molecule has 0 bridgehead atoms. The number of carboxylic acid groups (broad SMARTS) is 1. The number of nitrogens with zero attached hydrogens (tertiary/aromatic N) is 2. The lowest BCUT2D eigenvalue weighted by Gasteiger charge is -2.45. The molecule has 1 spiro atoms. The number of rotatable bonds is 5. The van der Waals surface area contributed by atoms with Gasteiger partial charge in [-0.2, -0.15) is 0 Å². The van der Waals surface area contributed by atoms with Gasteiger partial charge in [0.05, 0.1) is 11.1 Å². The van der Waals surface area contributed by atoms with Crippen LogP contribution in [0.4, 0.5) is 0 Å². The Morgan fingerprint density at radius 1 is 1.28 bits per heavy atom. The van der Waals surface area contributed by atoms with Gasteiger partial charge in [0.1, 0.15) is 11.3 Å². The summed E-state index contributed by atoms with van der Waals surface area (Å²) < 4.78 is 5.74. The van der Waals surface area contributed by atoms with Crippen molar-refractivity contribution in [1.82, 2.24) is 9.80 Å². The molecule has 1 aromatic rings. The number of carbonyl (C=O) groups is 2. The maximum Gasteiger partial charge on any atom is 0.290 e. The summed E-state index contributed by atoms with van der Waals surface area (Å²) in [5.74, 6) is 1.12. The number of ether oxygens (including phenoxy) is 1. The highest BCUT2D eigenvalue weighted by atomic mass is 35.5. The van der Waals surface area contributed by atoms with Crippen LogP contribution in [-0.4, -0.2) is 58.1 Å². The number of carbonyl (C=O) groups excluding carboxylic acids is 1. The van der Waals surface area contributed by atoms with Gasteiger partial charge in [-0.25, -0.2) is 0 Å². The summed E-state index contributed by atoms with van der Waals surface area (Å²) in [5, 5.41) is 7.54. The second kappa shape index (κ2) is 9.35. The minimum Gasteiger partial charge on any atom is -0.489 e. The van der Waals surface area contributed by atoms with Crippen LogP contribution in [-0.2, 0) is 16.1 Å². The highest BCUT2D eigenvalue weighted by Crippen LogP contribution is 2.42. The van der Waals surface area contributed by atoms with Crippen LogP contribution in [0.25, 0.3) is 0 Å². The second-order valence-electron chi connectivity index (χ2n) is 8.43. The van der Waals surface area contributed by atoms with Crippen LogP contribution in [0.5, 0.6) is 5.75 Å². The third kappa shape index (κ3) is 4.86. The molecule has 160 valence electrons. The molecule has 7 heteroatoms. The van der Waals surface area contributed by atoms with Crippen LogP contribution in [0.15, 0.2) is 18.2 Å². The fourth-order valence-electron chi connectivity index (χ4n) is 4.66. The quantitative estimate of drug-likeness (QED) is 0.727. The minimum atomic E-state index is -0.277.